The van der Waals surface area contributed by atoms with Crippen molar-refractivity contribution in [2.45, 2.75) is 26.2 Å². The van der Waals surface area contributed by atoms with Crippen molar-refractivity contribution in [2.24, 2.45) is 5.41 Å². The van der Waals surface area contributed by atoms with E-state index in [1.807, 2.05) is 6.92 Å². The van der Waals surface area contributed by atoms with Gasteiger partial charge < -0.3 is 0 Å². The fraction of sp³-hybridized carbons (Fsp3) is 0.875. The molecule has 1 aliphatic carbocycles. The highest BCUT2D eigenvalue weighted by Gasteiger charge is 2.48. The monoisotopic (exact) mass is 155 g/mol. The number of rotatable bonds is 1. The van der Waals surface area contributed by atoms with Crippen LogP contribution in [0.3, 0.4) is 0 Å². The molecule has 62 valence electrons. The van der Waals surface area contributed by atoms with E-state index >= 15 is 0 Å². The van der Waals surface area contributed by atoms with Gasteiger partial charge >= 0.3 is 0 Å². The van der Waals surface area contributed by atoms with Crippen molar-refractivity contribution in [1.29, 1.82) is 0 Å². The van der Waals surface area contributed by atoms with Gasteiger partial charge in [-0.25, -0.2) is 5.06 Å². The van der Waals surface area contributed by atoms with Crippen molar-refractivity contribution < 1.29 is 9.63 Å². The van der Waals surface area contributed by atoms with Crippen LogP contribution < -0.4 is 0 Å². The summed E-state index contributed by atoms with van der Waals surface area (Å²) in [6.07, 6.45) is 3.05. The van der Waals surface area contributed by atoms with Gasteiger partial charge in [-0.3, -0.25) is 9.63 Å². The molecule has 1 heterocycles. The predicted octanol–water partition coefficient (Wildman–Crippen LogP) is 0.950. The third-order valence-corrected chi connectivity index (χ3v) is 2.50. The molecule has 3 heteroatoms. The third kappa shape index (κ3) is 1.13. The van der Waals surface area contributed by atoms with Crippen molar-refractivity contribution in [2.75, 3.05) is 13.2 Å². The molecule has 2 fully saturated rings. The number of hydrogen-bond acceptors (Lipinski definition) is 2. The highest BCUT2D eigenvalue weighted by molar-refractivity contribution is 5.84. The molecule has 0 bridgehead atoms. The maximum absolute atomic E-state index is 11.5. The van der Waals surface area contributed by atoms with Crippen LogP contribution in [0.2, 0.25) is 0 Å². The van der Waals surface area contributed by atoms with Crippen LogP contribution in [0.1, 0.15) is 26.2 Å². The Kier molecular flexibility index (Phi) is 1.42. The molecule has 11 heavy (non-hydrogen) atoms. The molecule has 0 radical (unpaired) electrons. The van der Waals surface area contributed by atoms with E-state index in [0.717, 1.165) is 25.8 Å². The Morgan fingerprint density at radius 2 is 2.27 bits per heavy atom. The van der Waals surface area contributed by atoms with Gasteiger partial charge in [0, 0.05) is 5.41 Å². The lowest BCUT2D eigenvalue weighted by molar-refractivity contribution is -0.174. The van der Waals surface area contributed by atoms with Gasteiger partial charge in [-0.15, -0.1) is 0 Å². The summed E-state index contributed by atoms with van der Waals surface area (Å²) in [5, 5.41) is 1.53. The Balaban J connectivity index is 1.98. The second kappa shape index (κ2) is 2.21. The van der Waals surface area contributed by atoms with Crippen molar-refractivity contribution in [3.8, 4) is 0 Å². The molecule has 0 N–H and O–H groups in total. The van der Waals surface area contributed by atoms with Crippen molar-refractivity contribution in [3.63, 3.8) is 0 Å². The fourth-order valence-electron chi connectivity index (χ4n) is 1.31. The Morgan fingerprint density at radius 1 is 1.55 bits per heavy atom. The molecule has 0 spiro atoms. The van der Waals surface area contributed by atoms with Crippen LogP contribution in [0, 0.1) is 5.41 Å². The molecular weight excluding hydrogens is 142 g/mol. The van der Waals surface area contributed by atoms with Crippen molar-refractivity contribution >= 4 is 5.91 Å². The normalized spacial score (nSPS) is 27.2. The molecule has 3 nitrogen and oxygen atoms in total. The summed E-state index contributed by atoms with van der Waals surface area (Å²) < 4.78 is 0. The van der Waals surface area contributed by atoms with E-state index in [0.29, 0.717) is 6.61 Å². The SMILES string of the molecule is CC1(C(=O)N2CCCO2)CC1. The third-order valence-electron chi connectivity index (χ3n) is 2.50. The van der Waals surface area contributed by atoms with Crippen LogP contribution in [0.25, 0.3) is 0 Å². The first-order chi connectivity index (χ1) is 5.22. The van der Waals surface area contributed by atoms with Crippen LogP contribution in [0.4, 0.5) is 0 Å². The number of amides is 1. The molecule has 0 atom stereocenters. The standard InChI is InChI=1S/C8H13NO2/c1-8(3-4-8)7(10)9-5-2-6-11-9/h2-6H2,1H3. The summed E-state index contributed by atoms with van der Waals surface area (Å²) in [7, 11) is 0. The zero-order valence-corrected chi connectivity index (χ0v) is 6.80. The van der Waals surface area contributed by atoms with Crippen LogP contribution in [0.5, 0.6) is 0 Å². The summed E-state index contributed by atoms with van der Waals surface area (Å²) in [4.78, 5) is 16.7. The summed E-state index contributed by atoms with van der Waals surface area (Å²) in [6.45, 7) is 3.51. The quantitative estimate of drug-likeness (QED) is 0.564. The van der Waals surface area contributed by atoms with Crippen molar-refractivity contribution in [1.82, 2.24) is 5.06 Å². The van der Waals surface area contributed by atoms with E-state index in [1.54, 1.807) is 0 Å². The lowest BCUT2D eigenvalue weighted by Gasteiger charge is -2.17. The van der Waals surface area contributed by atoms with Gasteiger partial charge in [0.2, 0.25) is 0 Å². The first-order valence-electron chi connectivity index (χ1n) is 4.17. The summed E-state index contributed by atoms with van der Waals surface area (Å²) in [6, 6.07) is 0. The lowest BCUT2D eigenvalue weighted by atomic mass is 10.1. The fourth-order valence-corrected chi connectivity index (χ4v) is 1.31. The van der Waals surface area contributed by atoms with E-state index in [2.05, 4.69) is 0 Å². The predicted molar refractivity (Wildman–Crippen MR) is 39.6 cm³/mol. The molecule has 1 saturated carbocycles. The van der Waals surface area contributed by atoms with E-state index in [9.17, 15) is 4.79 Å². The molecular formula is C8H13NO2. The average Bonchev–Trinajstić information content (AvgIpc) is 2.54. The Morgan fingerprint density at radius 3 is 2.73 bits per heavy atom. The molecule has 1 amide bonds. The number of carbonyl (C=O) groups excluding carboxylic acids is 1. The number of carbonyl (C=O) groups is 1. The van der Waals surface area contributed by atoms with E-state index in [-0.39, 0.29) is 11.3 Å². The minimum absolute atomic E-state index is 0.0651. The maximum atomic E-state index is 11.5. The second-order valence-electron chi connectivity index (χ2n) is 3.65. The van der Waals surface area contributed by atoms with E-state index in [1.165, 1.54) is 5.06 Å². The van der Waals surface area contributed by atoms with E-state index < -0.39 is 0 Å². The first kappa shape index (κ1) is 7.10. The topological polar surface area (TPSA) is 29.5 Å². The Bertz CT molecular complexity index is 181. The molecule has 2 rings (SSSR count). The second-order valence-corrected chi connectivity index (χ2v) is 3.65. The van der Waals surface area contributed by atoms with Gasteiger partial charge in [0.25, 0.3) is 5.91 Å². The summed E-state index contributed by atoms with van der Waals surface area (Å²) >= 11 is 0. The Labute approximate surface area is 66.3 Å². The highest BCUT2D eigenvalue weighted by Crippen LogP contribution is 2.46. The van der Waals surface area contributed by atoms with Crippen LogP contribution in [0.15, 0.2) is 0 Å². The smallest absolute Gasteiger partial charge is 0.252 e. The van der Waals surface area contributed by atoms with Gasteiger partial charge in [0.1, 0.15) is 0 Å². The van der Waals surface area contributed by atoms with Gasteiger partial charge in [0.05, 0.1) is 13.2 Å². The van der Waals surface area contributed by atoms with Gasteiger partial charge in [-0.2, -0.15) is 0 Å². The molecule has 0 aromatic heterocycles. The van der Waals surface area contributed by atoms with E-state index in [4.69, 9.17) is 4.84 Å². The molecule has 1 aliphatic heterocycles. The van der Waals surface area contributed by atoms with Gasteiger partial charge in [0.15, 0.2) is 0 Å². The Hall–Kier alpha value is -0.570. The van der Waals surface area contributed by atoms with Crippen LogP contribution >= 0.6 is 0 Å². The van der Waals surface area contributed by atoms with Crippen molar-refractivity contribution in [3.05, 3.63) is 0 Å². The average molecular weight is 155 g/mol. The largest absolute Gasteiger partial charge is 0.272 e. The molecule has 1 saturated heterocycles. The molecule has 0 unspecified atom stereocenters. The molecule has 0 aromatic rings. The first-order valence-corrected chi connectivity index (χ1v) is 4.17. The lowest BCUT2D eigenvalue weighted by Crippen LogP contribution is -2.32. The maximum Gasteiger partial charge on any atom is 0.252 e. The minimum Gasteiger partial charge on any atom is -0.272 e. The number of hydrogen-bond donors (Lipinski definition) is 0. The summed E-state index contributed by atoms with van der Waals surface area (Å²) in [5.41, 5.74) is -0.0651. The van der Waals surface area contributed by atoms with Gasteiger partial charge in [-0.1, -0.05) is 6.92 Å². The minimum atomic E-state index is -0.0651. The molecule has 2 aliphatic rings. The zero-order valence-electron chi connectivity index (χ0n) is 6.80. The zero-order chi connectivity index (χ0) is 7.90. The molecule has 0 aromatic carbocycles. The summed E-state index contributed by atoms with van der Waals surface area (Å²) in [5.74, 6) is 0.190. The number of hydroxylamine groups is 2. The number of nitrogens with zero attached hydrogens (tertiary/aromatic N) is 1. The highest BCUT2D eigenvalue weighted by atomic mass is 16.7. The van der Waals surface area contributed by atoms with Crippen LogP contribution in [-0.4, -0.2) is 24.1 Å². The van der Waals surface area contributed by atoms with Crippen LogP contribution in [-0.2, 0) is 9.63 Å². The van der Waals surface area contributed by atoms with Gasteiger partial charge in [-0.05, 0) is 19.3 Å².